The van der Waals surface area contributed by atoms with Gasteiger partial charge in [0.05, 0.1) is 31.1 Å². The number of carboxylic acid groups (broad SMARTS) is 1. The minimum Gasteiger partial charge on any atom is -0.465 e. The highest BCUT2D eigenvalue weighted by Gasteiger charge is 2.47. The van der Waals surface area contributed by atoms with Crippen LogP contribution in [-0.2, 0) is 18.7 Å². The molecule has 1 aliphatic rings. The van der Waals surface area contributed by atoms with Crippen LogP contribution in [0, 0.1) is 0 Å². The van der Waals surface area contributed by atoms with E-state index >= 15 is 0 Å². The molecule has 1 rings (SSSR count). The van der Waals surface area contributed by atoms with E-state index in [1.165, 1.54) is 4.90 Å². The average Bonchev–Trinajstić information content (AvgIpc) is 2.60. The Labute approximate surface area is 140 Å². The van der Waals surface area contributed by atoms with Gasteiger partial charge in [0.15, 0.2) is 8.32 Å². The van der Waals surface area contributed by atoms with Gasteiger partial charge in [0.2, 0.25) is 0 Å². The summed E-state index contributed by atoms with van der Waals surface area (Å²) in [5, 5.41) is 9.45. The van der Waals surface area contributed by atoms with Gasteiger partial charge in [0, 0.05) is 0 Å². The minimum absolute atomic E-state index is 0.0160. The maximum absolute atomic E-state index is 11.5. The maximum atomic E-state index is 11.5. The van der Waals surface area contributed by atoms with Crippen molar-refractivity contribution in [1.29, 1.82) is 0 Å². The smallest absolute Gasteiger partial charge is 0.407 e. The van der Waals surface area contributed by atoms with Crippen molar-refractivity contribution in [3.63, 3.8) is 0 Å². The monoisotopic (exact) mass is 367 g/mol. The normalized spacial score (nSPS) is 26.6. The summed E-state index contributed by atoms with van der Waals surface area (Å²) in [5.41, 5.74) is 0. The van der Waals surface area contributed by atoms with E-state index in [9.17, 15) is 18.3 Å². The molecule has 0 unspecified atom stereocenters. The summed E-state index contributed by atoms with van der Waals surface area (Å²) in [5.74, 6) is 0. The third-order valence-corrected chi connectivity index (χ3v) is 9.89. The van der Waals surface area contributed by atoms with Gasteiger partial charge in [-0.05, 0) is 31.5 Å². The number of rotatable bonds is 5. The molecule has 136 valence electrons. The predicted octanol–water partition coefficient (Wildman–Crippen LogP) is 2.49. The Balaban J connectivity index is 2.91. The Kier molecular flexibility index (Phi) is 5.94. The molecule has 3 atom stereocenters. The van der Waals surface area contributed by atoms with Gasteiger partial charge in [-0.25, -0.2) is 4.79 Å². The van der Waals surface area contributed by atoms with E-state index in [1.807, 2.05) is 0 Å². The fourth-order valence-electron chi connectivity index (χ4n) is 2.47. The van der Waals surface area contributed by atoms with Crippen LogP contribution in [0.1, 0.15) is 34.1 Å². The molecule has 1 aliphatic heterocycles. The van der Waals surface area contributed by atoms with Crippen LogP contribution in [0.15, 0.2) is 0 Å². The maximum Gasteiger partial charge on any atom is 0.407 e. The molecule has 0 bridgehead atoms. The summed E-state index contributed by atoms with van der Waals surface area (Å²) in [6, 6.07) is -0.859. The Morgan fingerprint density at radius 1 is 1.35 bits per heavy atom. The Morgan fingerprint density at radius 3 is 2.26 bits per heavy atom. The molecule has 1 fully saturated rings. The molecule has 1 heterocycles. The largest absolute Gasteiger partial charge is 0.465 e. The van der Waals surface area contributed by atoms with Gasteiger partial charge in [-0.15, -0.1) is 0 Å². The lowest BCUT2D eigenvalue weighted by Crippen LogP contribution is -2.48. The van der Waals surface area contributed by atoms with Crippen molar-refractivity contribution in [3.8, 4) is 0 Å². The first-order valence-corrected chi connectivity index (χ1v) is 12.4. The summed E-state index contributed by atoms with van der Waals surface area (Å²) in [7, 11) is -5.65. The zero-order chi connectivity index (χ0) is 18.2. The van der Waals surface area contributed by atoms with Crippen molar-refractivity contribution in [3.05, 3.63) is 0 Å². The molecule has 0 aromatic rings. The minimum atomic E-state index is -3.61. The van der Waals surface area contributed by atoms with E-state index in [2.05, 4.69) is 33.9 Å². The zero-order valence-corrected chi connectivity index (χ0v) is 16.8. The van der Waals surface area contributed by atoms with E-state index < -0.39 is 30.6 Å². The van der Waals surface area contributed by atoms with E-state index in [4.69, 9.17) is 8.61 Å². The van der Waals surface area contributed by atoms with Crippen molar-refractivity contribution >= 4 is 24.5 Å². The second-order valence-corrected chi connectivity index (χ2v) is 14.1. The quantitative estimate of drug-likeness (QED) is 0.593. The molecule has 23 heavy (non-hydrogen) atoms. The van der Waals surface area contributed by atoms with Crippen LogP contribution in [0.4, 0.5) is 4.79 Å². The van der Waals surface area contributed by atoms with Crippen LogP contribution in [-0.4, -0.2) is 63.9 Å². The lowest BCUT2D eigenvalue weighted by molar-refractivity contribution is 0.0947. The van der Waals surface area contributed by atoms with Crippen LogP contribution in [0.2, 0.25) is 18.1 Å². The summed E-state index contributed by atoms with van der Waals surface area (Å²) >= 11 is 0. The van der Waals surface area contributed by atoms with Gasteiger partial charge >= 0.3 is 6.09 Å². The standard InChI is InChI=1S/C14H29NO6SSi/c1-10-12(21-23(6,7)14(2,3)4)8-11(15(10)13(16)17)9-20-22(5,18)19/h10-12H,8-9H2,1-7H3,(H,16,17)/t10-,11-,12+/m0/s1. The van der Waals surface area contributed by atoms with Crippen LogP contribution in [0.5, 0.6) is 0 Å². The number of hydrogen-bond donors (Lipinski definition) is 1. The van der Waals surface area contributed by atoms with Crippen LogP contribution >= 0.6 is 0 Å². The first kappa shape index (κ1) is 20.4. The van der Waals surface area contributed by atoms with Crippen LogP contribution in [0.25, 0.3) is 0 Å². The molecule has 0 aromatic heterocycles. The molecule has 1 N–H and O–H groups in total. The molecule has 0 saturated carbocycles. The van der Waals surface area contributed by atoms with Gasteiger partial charge in [0.25, 0.3) is 10.1 Å². The molecular formula is C14H29NO6SSi. The van der Waals surface area contributed by atoms with Crippen molar-refractivity contribution < 1.29 is 26.9 Å². The first-order chi connectivity index (χ1) is 10.2. The third-order valence-electron chi connectivity index (χ3n) is 4.82. The summed E-state index contributed by atoms with van der Waals surface area (Å²) in [6.07, 6.45) is 0.0661. The molecule has 9 heteroatoms. The van der Waals surface area contributed by atoms with E-state index in [-0.39, 0.29) is 23.8 Å². The highest BCUT2D eigenvalue weighted by Crippen LogP contribution is 2.40. The lowest BCUT2D eigenvalue weighted by Gasteiger charge is -2.39. The molecule has 7 nitrogen and oxygen atoms in total. The number of carbonyl (C=O) groups is 1. The second-order valence-electron chi connectivity index (χ2n) is 7.73. The fourth-order valence-corrected chi connectivity index (χ4v) is 4.28. The Morgan fingerprint density at radius 2 is 1.87 bits per heavy atom. The average molecular weight is 368 g/mol. The number of amides is 1. The molecule has 0 aromatic carbocycles. The third kappa shape index (κ3) is 5.17. The number of likely N-dealkylation sites (tertiary alicyclic amines) is 1. The first-order valence-electron chi connectivity index (χ1n) is 7.69. The molecule has 1 amide bonds. The highest BCUT2D eigenvalue weighted by molar-refractivity contribution is 7.85. The van der Waals surface area contributed by atoms with Crippen molar-refractivity contribution in [2.24, 2.45) is 0 Å². The fraction of sp³-hybridized carbons (Fsp3) is 0.929. The molecule has 0 spiro atoms. The molecular weight excluding hydrogens is 338 g/mol. The summed E-state index contributed by atoms with van der Waals surface area (Å²) in [6.45, 7) is 12.2. The zero-order valence-electron chi connectivity index (χ0n) is 15.0. The van der Waals surface area contributed by atoms with Crippen molar-refractivity contribution in [2.75, 3.05) is 12.9 Å². The Hall–Kier alpha value is -0.643. The summed E-state index contributed by atoms with van der Waals surface area (Å²) in [4.78, 5) is 12.8. The topological polar surface area (TPSA) is 93.1 Å². The van der Waals surface area contributed by atoms with E-state index in [1.54, 1.807) is 6.92 Å². The van der Waals surface area contributed by atoms with Crippen LogP contribution in [0.3, 0.4) is 0 Å². The number of nitrogens with zero attached hydrogens (tertiary/aromatic N) is 1. The predicted molar refractivity (Wildman–Crippen MR) is 90.6 cm³/mol. The van der Waals surface area contributed by atoms with Gasteiger partial charge in [-0.2, -0.15) is 8.42 Å². The van der Waals surface area contributed by atoms with Crippen LogP contribution < -0.4 is 0 Å². The SMILES string of the molecule is C[C@H]1[C@H](O[Si](C)(C)C(C)(C)C)C[C@@H](COS(C)(=O)=O)N1C(=O)O. The Bertz CT molecular complexity index is 542. The van der Waals surface area contributed by atoms with Crippen molar-refractivity contribution in [1.82, 2.24) is 4.90 Å². The number of hydrogen-bond acceptors (Lipinski definition) is 5. The van der Waals surface area contributed by atoms with E-state index in [0.29, 0.717) is 6.42 Å². The van der Waals surface area contributed by atoms with E-state index in [0.717, 1.165) is 6.26 Å². The van der Waals surface area contributed by atoms with Gasteiger partial charge in [-0.3, -0.25) is 9.08 Å². The summed E-state index contributed by atoms with van der Waals surface area (Å²) < 4.78 is 33.5. The van der Waals surface area contributed by atoms with Gasteiger partial charge in [-0.1, -0.05) is 20.8 Å². The molecule has 0 aliphatic carbocycles. The van der Waals surface area contributed by atoms with Gasteiger partial charge in [0.1, 0.15) is 0 Å². The highest BCUT2D eigenvalue weighted by atomic mass is 32.2. The lowest BCUT2D eigenvalue weighted by atomic mass is 10.2. The van der Waals surface area contributed by atoms with Gasteiger partial charge < -0.3 is 9.53 Å². The van der Waals surface area contributed by atoms with Crippen molar-refractivity contribution in [2.45, 2.75) is 70.4 Å². The second kappa shape index (κ2) is 6.70. The molecule has 0 radical (unpaired) electrons. The molecule has 1 saturated heterocycles.